The molecule has 0 N–H and O–H groups in total. The molecular formula is C21H22FNO2. The molecule has 0 unspecified atom stereocenters. The van der Waals surface area contributed by atoms with E-state index in [1.54, 1.807) is 12.1 Å². The van der Waals surface area contributed by atoms with Crippen molar-refractivity contribution < 1.29 is 14.0 Å². The van der Waals surface area contributed by atoms with Crippen molar-refractivity contribution in [3.05, 3.63) is 65.5 Å². The molecule has 0 bridgehead atoms. The van der Waals surface area contributed by atoms with Gasteiger partial charge in [-0.2, -0.15) is 5.06 Å². The summed E-state index contributed by atoms with van der Waals surface area (Å²) in [5.41, 5.74) is 2.13. The second-order valence-corrected chi connectivity index (χ2v) is 7.38. The highest BCUT2D eigenvalue weighted by Gasteiger charge is 2.54. The Bertz CT molecular complexity index is 781. The van der Waals surface area contributed by atoms with Gasteiger partial charge in [-0.15, -0.1) is 0 Å². The van der Waals surface area contributed by atoms with Gasteiger partial charge in [0.05, 0.1) is 18.2 Å². The maximum atomic E-state index is 14.0. The quantitative estimate of drug-likeness (QED) is 0.784. The van der Waals surface area contributed by atoms with E-state index in [-0.39, 0.29) is 36.0 Å². The van der Waals surface area contributed by atoms with E-state index in [9.17, 15) is 4.39 Å². The van der Waals surface area contributed by atoms with Crippen LogP contribution in [0.2, 0.25) is 0 Å². The molecule has 25 heavy (non-hydrogen) atoms. The Balaban J connectivity index is 1.59. The van der Waals surface area contributed by atoms with Gasteiger partial charge in [0.1, 0.15) is 17.7 Å². The molecule has 0 amide bonds. The fraction of sp³-hybridized carbons (Fsp3) is 0.429. The SMILES string of the molecule is C[C@H](c1ccccc1)N1O[C@H]2CCC[C@H]3Oc4ccc(F)cc4[C@H]1[C@@H]23. The van der Waals surface area contributed by atoms with Crippen molar-refractivity contribution >= 4 is 0 Å². The molecule has 3 nitrogen and oxygen atoms in total. The van der Waals surface area contributed by atoms with Gasteiger partial charge in [-0.25, -0.2) is 4.39 Å². The van der Waals surface area contributed by atoms with Crippen LogP contribution in [0.1, 0.15) is 49.4 Å². The van der Waals surface area contributed by atoms with Crippen molar-refractivity contribution in [1.29, 1.82) is 0 Å². The van der Waals surface area contributed by atoms with Crippen LogP contribution in [-0.4, -0.2) is 17.3 Å². The third-order valence-electron chi connectivity index (χ3n) is 5.96. The van der Waals surface area contributed by atoms with E-state index in [0.717, 1.165) is 30.6 Å². The van der Waals surface area contributed by atoms with E-state index >= 15 is 0 Å². The Kier molecular flexibility index (Phi) is 3.57. The van der Waals surface area contributed by atoms with Gasteiger partial charge in [-0.3, -0.25) is 4.84 Å². The summed E-state index contributed by atoms with van der Waals surface area (Å²) >= 11 is 0. The second-order valence-electron chi connectivity index (χ2n) is 7.38. The number of ether oxygens (including phenoxy) is 1. The van der Waals surface area contributed by atoms with Gasteiger partial charge in [-0.05, 0) is 49.9 Å². The maximum absolute atomic E-state index is 14.0. The van der Waals surface area contributed by atoms with Crippen molar-refractivity contribution in [2.45, 2.75) is 50.5 Å². The summed E-state index contributed by atoms with van der Waals surface area (Å²) in [6, 6.07) is 15.4. The summed E-state index contributed by atoms with van der Waals surface area (Å²) in [5.74, 6) is 0.866. The molecule has 2 aliphatic heterocycles. The predicted octanol–water partition coefficient (Wildman–Crippen LogP) is 4.80. The summed E-state index contributed by atoms with van der Waals surface area (Å²) in [5, 5.41) is 2.10. The summed E-state index contributed by atoms with van der Waals surface area (Å²) in [7, 11) is 0. The first kappa shape index (κ1) is 15.4. The molecule has 5 atom stereocenters. The van der Waals surface area contributed by atoms with E-state index in [4.69, 9.17) is 9.57 Å². The van der Waals surface area contributed by atoms with Gasteiger partial charge in [0.15, 0.2) is 0 Å². The van der Waals surface area contributed by atoms with Crippen molar-refractivity contribution in [3.63, 3.8) is 0 Å². The Hall–Kier alpha value is -1.91. The van der Waals surface area contributed by atoms with Crippen molar-refractivity contribution in [2.24, 2.45) is 5.92 Å². The van der Waals surface area contributed by atoms with Crippen LogP contribution in [0.5, 0.6) is 5.75 Å². The topological polar surface area (TPSA) is 21.7 Å². The summed E-state index contributed by atoms with van der Waals surface area (Å²) in [6.45, 7) is 2.16. The summed E-state index contributed by atoms with van der Waals surface area (Å²) in [4.78, 5) is 6.42. The van der Waals surface area contributed by atoms with E-state index in [0.29, 0.717) is 0 Å². The summed E-state index contributed by atoms with van der Waals surface area (Å²) in [6.07, 6.45) is 3.53. The van der Waals surface area contributed by atoms with Crippen LogP contribution in [0.3, 0.4) is 0 Å². The first-order valence-electron chi connectivity index (χ1n) is 9.18. The van der Waals surface area contributed by atoms with Crippen LogP contribution in [0.4, 0.5) is 4.39 Å². The lowest BCUT2D eigenvalue weighted by Gasteiger charge is -2.41. The second kappa shape index (κ2) is 5.82. The average Bonchev–Trinajstić information content (AvgIpc) is 3.04. The van der Waals surface area contributed by atoms with Gasteiger partial charge in [0, 0.05) is 11.5 Å². The molecular weight excluding hydrogens is 317 g/mol. The monoisotopic (exact) mass is 339 g/mol. The molecule has 4 heteroatoms. The van der Waals surface area contributed by atoms with E-state index in [2.05, 4.69) is 36.3 Å². The van der Waals surface area contributed by atoms with Crippen LogP contribution in [0, 0.1) is 11.7 Å². The van der Waals surface area contributed by atoms with E-state index in [1.165, 1.54) is 11.6 Å². The van der Waals surface area contributed by atoms with Gasteiger partial charge in [0.2, 0.25) is 0 Å². The van der Waals surface area contributed by atoms with E-state index < -0.39 is 0 Å². The zero-order chi connectivity index (χ0) is 17.0. The maximum Gasteiger partial charge on any atom is 0.124 e. The normalized spacial score (nSPS) is 31.8. The fourth-order valence-corrected chi connectivity index (χ4v) is 4.78. The third-order valence-corrected chi connectivity index (χ3v) is 5.96. The van der Waals surface area contributed by atoms with Gasteiger partial charge < -0.3 is 4.74 Å². The van der Waals surface area contributed by atoms with Gasteiger partial charge >= 0.3 is 0 Å². The number of hydroxylamine groups is 2. The minimum absolute atomic E-state index is 0.0463. The zero-order valence-electron chi connectivity index (χ0n) is 14.3. The van der Waals surface area contributed by atoms with Crippen LogP contribution >= 0.6 is 0 Å². The number of nitrogens with zero attached hydrogens (tertiary/aromatic N) is 1. The molecule has 3 aliphatic rings. The van der Waals surface area contributed by atoms with Crippen LogP contribution in [0.25, 0.3) is 0 Å². The fourth-order valence-electron chi connectivity index (χ4n) is 4.78. The smallest absolute Gasteiger partial charge is 0.124 e. The summed E-state index contributed by atoms with van der Waals surface area (Å²) < 4.78 is 20.2. The highest BCUT2D eigenvalue weighted by atomic mass is 19.1. The van der Waals surface area contributed by atoms with Crippen molar-refractivity contribution in [1.82, 2.24) is 5.06 Å². The Morgan fingerprint density at radius 3 is 2.72 bits per heavy atom. The number of fused-ring (bicyclic) bond motifs is 2. The number of benzene rings is 2. The highest BCUT2D eigenvalue weighted by Crippen LogP contribution is 2.54. The lowest BCUT2D eigenvalue weighted by molar-refractivity contribution is -0.191. The predicted molar refractivity (Wildman–Crippen MR) is 92.5 cm³/mol. The molecule has 0 aromatic heterocycles. The number of rotatable bonds is 2. The largest absolute Gasteiger partial charge is 0.490 e. The molecule has 1 saturated heterocycles. The lowest BCUT2D eigenvalue weighted by atomic mass is 9.75. The molecule has 1 aliphatic carbocycles. The highest BCUT2D eigenvalue weighted by molar-refractivity contribution is 5.40. The Labute approximate surface area is 147 Å². The lowest BCUT2D eigenvalue weighted by Crippen LogP contribution is -2.43. The Morgan fingerprint density at radius 1 is 1.08 bits per heavy atom. The van der Waals surface area contributed by atoms with Gasteiger partial charge in [0.25, 0.3) is 0 Å². The molecule has 0 radical (unpaired) electrons. The van der Waals surface area contributed by atoms with Crippen LogP contribution < -0.4 is 4.74 Å². The molecule has 0 spiro atoms. The van der Waals surface area contributed by atoms with Crippen molar-refractivity contribution in [2.75, 3.05) is 0 Å². The molecule has 1 saturated carbocycles. The number of hydrogen-bond donors (Lipinski definition) is 0. The number of halogens is 1. The first-order chi connectivity index (χ1) is 12.2. The average molecular weight is 339 g/mol. The minimum Gasteiger partial charge on any atom is -0.490 e. The Morgan fingerprint density at radius 2 is 1.88 bits per heavy atom. The van der Waals surface area contributed by atoms with Gasteiger partial charge in [-0.1, -0.05) is 30.3 Å². The van der Waals surface area contributed by atoms with Crippen LogP contribution in [0.15, 0.2) is 48.5 Å². The molecule has 130 valence electrons. The molecule has 2 aromatic rings. The molecule has 2 aromatic carbocycles. The minimum atomic E-state index is -0.215. The third kappa shape index (κ3) is 2.39. The van der Waals surface area contributed by atoms with Crippen molar-refractivity contribution in [3.8, 4) is 5.75 Å². The molecule has 5 rings (SSSR count). The standard InChI is InChI=1S/C21H22FNO2/c1-13(14-6-3-2-4-7-14)23-21-16-12-15(22)10-11-17(16)24-18-8-5-9-19(25-23)20(18)21/h2-4,6-7,10-13,18-21H,5,8-9H2,1H3/t13-,18-,19+,20-,21+/m1/s1. The van der Waals surface area contributed by atoms with Crippen LogP contribution in [-0.2, 0) is 4.84 Å². The molecule has 2 fully saturated rings. The molecule has 2 heterocycles. The first-order valence-corrected chi connectivity index (χ1v) is 9.18. The number of hydrogen-bond acceptors (Lipinski definition) is 3. The zero-order valence-corrected chi connectivity index (χ0v) is 14.3. The van der Waals surface area contributed by atoms with E-state index in [1.807, 2.05) is 6.07 Å².